The highest BCUT2D eigenvalue weighted by Crippen LogP contribution is 2.54. The van der Waals surface area contributed by atoms with Crippen LogP contribution in [0.15, 0.2) is 35.7 Å². The van der Waals surface area contributed by atoms with Crippen molar-refractivity contribution in [3.8, 4) is 0 Å². The largest absolute Gasteiger partial charge is 0.401 e. The summed E-state index contributed by atoms with van der Waals surface area (Å²) in [7, 11) is 0. The zero-order valence-corrected chi connectivity index (χ0v) is 15.6. The number of hydrogen-bond donors (Lipinski definition) is 0. The molecule has 0 aliphatic heterocycles. The molecule has 146 valence electrons. The van der Waals surface area contributed by atoms with Gasteiger partial charge in [0.05, 0.1) is 0 Å². The van der Waals surface area contributed by atoms with E-state index in [0.717, 1.165) is 30.9 Å². The third-order valence-electron chi connectivity index (χ3n) is 6.89. The average Bonchev–Trinajstić information content (AvgIpc) is 2.62. The lowest BCUT2D eigenvalue weighted by molar-refractivity contribution is -0.193. The summed E-state index contributed by atoms with van der Waals surface area (Å²) in [5.74, 6) is 1.23. The molecule has 4 heteroatoms. The molecule has 0 radical (unpaired) electrons. The van der Waals surface area contributed by atoms with Gasteiger partial charge in [-0.2, -0.15) is 13.2 Å². The quantitative estimate of drug-likeness (QED) is 0.351. The Morgan fingerprint density at radius 2 is 1.81 bits per heavy atom. The Balaban J connectivity index is 1.68. The van der Waals surface area contributed by atoms with E-state index in [9.17, 15) is 17.6 Å². The number of alkyl halides is 3. The Morgan fingerprint density at radius 1 is 1.08 bits per heavy atom. The number of rotatable bonds is 4. The van der Waals surface area contributed by atoms with Gasteiger partial charge in [0.1, 0.15) is 11.2 Å². The van der Waals surface area contributed by atoms with Crippen LogP contribution in [-0.2, 0) is 0 Å². The summed E-state index contributed by atoms with van der Waals surface area (Å²) in [6.45, 7) is 2.23. The summed E-state index contributed by atoms with van der Waals surface area (Å²) < 4.78 is 55.2. The molecule has 0 amide bonds. The highest BCUT2D eigenvalue weighted by atomic mass is 19.4. The molecule has 3 aliphatic rings. The molecule has 1 saturated carbocycles. The molecule has 0 nitrogen and oxygen atoms in total. The van der Waals surface area contributed by atoms with Gasteiger partial charge in [-0.05, 0) is 68.4 Å². The first kappa shape index (κ1) is 19.7. The Bertz CT molecular complexity index is 575. The van der Waals surface area contributed by atoms with Crippen molar-refractivity contribution < 1.29 is 17.6 Å². The van der Waals surface area contributed by atoms with Crippen LogP contribution in [0.5, 0.6) is 0 Å². The highest BCUT2D eigenvalue weighted by Gasteiger charge is 2.56. The maximum atomic E-state index is 13.8. The summed E-state index contributed by atoms with van der Waals surface area (Å²) in [5, 5.41) is 0. The van der Waals surface area contributed by atoms with Crippen molar-refractivity contribution in [3.63, 3.8) is 0 Å². The molecule has 0 bridgehead atoms. The van der Waals surface area contributed by atoms with E-state index in [1.807, 2.05) is 0 Å². The van der Waals surface area contributed by atoms with Crippen LogP contribution in [0.4, 0.5) is 17.6 Å². The van der Waals surface area contributed by atoms with Crippen molar-refractivity contribution in [2.45, 2.75) is 77.3 Å². The molecule has 0 aromatic rings. The van der Waals surface area contributed by atoms with Crippen LogP contribution in [0.3, 0.4) is 0 Å². The summed E-state index contributed by atoms with van der Waals surface area (Å²) in [6, 6.07) is 0. The molecule has 0 N–H and O–H groups in total. The van der Waals surface area contributed by atoms with Crippen LogP contribution in [0.1, 0.15) is 71.1 Å². The second kappa shape index (κ2) is 7.90. The molecular weight excluding hydrogens is 340 g/mol. The van der Waals surface area contributed by atoms with Crippen LogP contribution in [0.25, 0.3) is 0 Å². The molecule has 0 aromatic carbocycles. The van der Waals surface area contributed by atoms with Crippen molar-refractivity contribution in [2.24, 2.45) is 23.2 Å². The third kappa shape index (κ3) is 3.94. The van der Waals surface area contributed by atoms with E-state index in [1.54, 1.807) is 6.08 Å². The second-order valence-electron chi connectivity index (χ2n) is 8.44. The average molecular weight is 370 g/mol. The van der Waals surface area contributed by atoms with Crippen molar-refractivity contribution in [2.75, 3.05) is 0 Å². The molecule has 0 saturated heterocycles. The lowest BCUT2D eigenvalue weighted by Crippen LogP contribution is -2.40. The first-order valence-electron chi connectivity index (χ1n) is 10.2. The number of hydrogen-bond acceptors (Lipinski definition) is 0. The van der Waals surface area contributed by atoms with Crippen LogP contribution in [0, 0.1) is 23.2 Å². The van der Waals surface area contributed by atoms with Crippen LogP contribution in [-0.4, -0.2) is 6.18 Å². The zero-order chi connectivity index (χ0) is 18.8. The Morgan fingerprint density at radius 3 is 2.35 bits per heavy atom. The molecular formula is C22H30F4. The maximum absolute atomic E-state index is 13.8. The lowest BCUT2D eigenvalue weighted by atomic mass is 9.66. The summed E-state index contributed by atoms with van der Waals surface area (Å²) >= 11 is 0. The highest BCUT2D eigenvalue weighted by molar-refractivity contribution is 5.35. The first-order valence-corrected chi connectivity index (χ1v) is 10.2. The minimum Gasteiger partial charge on any atom is -0.207 e. The van der Waals surface area contributed by atoms with Crippen molar-refractivity contribution in [1.29, 1.82) is 0 Å². The predicted octanol–water partition coefficient (Wildman–Crippen LogP) is 7.68. The van der Waals surface area contributed by atoms with E-state index in [1.165, 1.54) is 44.6 Å². The fraction of sp³-hybridized carbons (Fsp3) is 0.727. The smallest absolute Gasteiger partial charge is 0.207 e. The fourth-order valence-electron chi connectivity index (χ4n) is 5.35. The van der Waals surface area contributed by atoms with Gasteiger partial charge in [-0.15, -0.1) is 0 Å². The third-order valence-corrected chi connectivity index (χ3v) is 6.89. The van der Waals surface area contributed by atoms with Crippen molar-refractivity contribution in [3.05, 3.63) is 35.7 Å². The molecule has 1 fully saturated rings. The molecule has 2 unspecified atom stereocenters. The Labute approximate surface area is 154 Å². The monoisotopic (exact) mass is 370 g/mol. The van der Waals surface area contributed by atoms with Crippen LogP contribution in [0.2, 0.25) is 0 Å². The minimum absolute atomic E-state index is 0.178. The van der Waals surface area contributed by atoms with E-state index in [0.29, 0.717) is 23.8 Å². The van der Waals surface area contributed by atoms with E-state index in [4.69, 9.17) is 0 Å². The standard InChI is InChI=1S/C22H30F4/c1-2-4-16-6-8-17(9-7-16)18-10-12-19(13-11-18)21(22(24,25)26)14-3-5-20(23)15-21/h3,5,12,15-18H,2,4,6-11,13-14H2,1H3. The van der Waals surface area contributed by atoms with Gasteiger partial charge >= 0.3 is 6.18 Å². The zero-order valence-electron chi connectivity index (χ0n) is 15.6. The SMILES string of the molecule is CCCC1CCC(C2CC=C(C3(C(F)(F)F)C=C(F)C=CC3)CC2)CC1. The van der Waals surface area contributed by atoms with Crippen molar-refractivity contribution >= 4 is 0 Å². The van der Waals surface area contributed by atoms with Gasteiger partial charge < -0.3 is 0 Å². The van der Waals surface area contributed by atoms with Gasteiger partial charge in [0.25, 0.3) is 0 Å². The first-order chi connectivity index (χ1) is 12.4. The Hall–Kier alpha value is -1.06. The maximum Gasteiger partial charge on any atom is 0.401 e. The van der Waals surface area contributed by atoms with Gasteiger partial charge in [0.2, 0.25) is 0 Å². The fourth-order valence-corrected chi connectivity index (χ4v) is 5.35. The van der Waals surface area contributed by atoms with E-state index in [2.05, 4.69) is 6.92 Å². The van der Waals surface area contributed by atoms with Gasteiger partial charge in [-0.3, -0.25) is 0 Å². The van der Waals surface area contributed by atoms with Crippen molar-refractivity contribution in [1.82, 2.24) is 0 Å². The molecule has 0 heterocycles. The van der Waals surface area contributed by atoms with E-state index < -0.39 is 17.4 Å². The van der Waals surface area contributed by atoms with Gasteiger partial charge in [0, 0.05) is 0 Å². The van der Waals surface area contributed by atoms with Gasteiger partial charge in [-0.25, -0.2) is 4.39 Å². The normalized spacial score (nSPS) is 35.8. The number of allylic oxidation sites excluding steroid dienone is 6. The summed E-state index contributed by atoms with van der Waals surface area (Å²) in [5.41, 5.74) is -1.75. The summed E-state index contributed by atoms with van der Waals surface area (Å²) in [4.78, 5) is 0. The summed E-state index contributed by atoms with van der Waals surface area (Å²) in [6.07, 6.45) is 9.94. The number of halogens is 4. The minimum atomic E-state index is -4.45. The molecule has 3 rings (SSSR count). The molecule has 0 aromatic heterocycles. The lowest BCUT2D eigenvalue weighted by Gasteiger charge is -2.41. The van der Waals surface area contributed by atoms with Gasteiger partial charge in [-0.1, -0.05) is 50.3 Å². The second-order valence-corrected chi connectivity index (χ2v) is 8.44. The molecule has 0 spiro atoms. The van der Waals surface area contributed by atoms with Crippen LogP contribution >= 0.6 is 0 Å². The van der Waals surface area contributed by atoms with E-state index >= 15 is 0 Å². The topological polar surface area (TPSA) is 0 Å². The van der Waals surface area contributed by atoms with E-state index in [-0.39, 0.29) is 6.42 Å². The van der Waals surface area contributed by atoms with Gasteiger partial charge in [0.15, 0.2) is 0 Å². The van der Waals surface area contributed by atoms with Crippen LogP contribution < -0.4 is 0 Å². The molecule has 26 heavy (non-hydrogen) atoms. The predicted molar refractivity (Wildman–Crippen MR) is 97.2 cm³/mol. The Kier molecular flexibility index (Phi) is 5.98. The molecule has 2 atom stereocenters. The molecule has 3 aliphatic carbocycles.